The molecular formula is C26H27NO6. The van der Waals surface area contributed by atoms with Crippen molar-refractivity contribution in [2.45, 2.75) is 32.3 Å². The Morgan fingerprint density at radius 1 is 1.21 bits per heavy atom. The average Bonchev–Trinajstić information content (AvgIpc) is 2.85. The van der Waals surface area contributed by atoms with Gasteiger partial charge in [-0.05, 0) is 37.5 Å². The van der Waals surface area contributed by atoms with Crippen LogP contribution in [0.25, 0.3) is 17.0 Å². The molecule has 1 aliphatic rings. The monoisotopic (exact) mass is 449 g/mol. The van der Waals surface area contributed by atoms with Crippen LogP contribution in [0.4, 0.5) is 4.79 Å². The fraction of sp³-hybridized carbons (Fsp3) is 0.308. The number of nitrogens with zero attached hydrogens (tertiary/aromatic N) is 1. The molecule has 1 amide bonds. The summed E-state index contributed by atoms with van der Waals surface area (Å²) in [7, 11) is 0. The van der Waals surface area contributed by atoms with E-state index in [4.69, 9.17) is 19.0 Å². The van der Waals surface area contributed by atoms with Gasteiger partial charge in [0, 0.05) is 24.6 Å². The Morgan fingerprint density at radius 3 is 2.61 bits per heavy atom. The summed E-state index contributed by atoms with van der Waals surface area (Å²) < 4.78 is 16.9. The largest absolute Gasteiger partial charge is 0.467 e. The number of ether oxygens (including phenoxy) is 2. The molecule has 0 aliphatic carbocycles. The van der Waals surface area contributed by atoms with Gasteiger partial charge in [-0.3, -0.25) is 4.79 Å². The van der Waals surface area contributed by atoms with Gasteiger partial charge < -0.3 is 23.9 Å². The summed E-state index contributed by atoms with van der Waals surface area (Å²) in [5.41, 5.74) is 2.33. The first-order valence-corrected chi connectivity index (χ1v) is 11.0. The lowest BCUT2D eigenvalue weighted by molar-refractivity contribution is 0.0858. The van der Waals surface area contributed by atoms with E-state index in [0.717, 1.165) is 5.56 Å². The quantitative estimate of drug-likeness (QED) is 0.554. The van der Waals surface area contributed by atoms with E-state index in [1.807, 2.05) is 30.3 Å². The molecule has 2 heterocycles. The molecule has 0 bridgehead atoms. The van der Waals surface area contributed by atoms with Crippen molar-refractivity contribution in [2.75, 3.05) is 19.9 Å². The molecule has 1 aromatic heterocycles. The van der Waals surface area contributed by atoms with Gasteiger partial charge >= 0.3 is 6.09 Å². The number of rotatable bonds is 6. The maximum absolute atomic E-state index is 13.1. The lowest BCUT2D eigenvalue weighted by Crippen LogP contribution is -2.38. The van der Waals surface area contributed by atoms with Crippen molar-refractivity contribution < 1.29 is 23.8 Å². The van der Waals surface area contributed by atoms with E-state index in [1.165, 1.54) is 0 Å². The van der Waals surface area contributed by atoms with Crippen molar-refractivity contribution >= 4 is 23.1 Å². The van der Waals surface area contributed by atoms with Gasteiger partial charge in [0.25, 0.3) is 0 Å². The summed E-state index contributed by atoms with van der Waals surface area (Å²) in [6.45, 7) is 6.35. The zero-order chi connectivity index (χ0) is 23.4. The van der Waals surface area contributed by atoms with Crippen molar-refractivity contribution in [3.05, 3.63) is 81.7 Å². The molecule has 0 radical (unpaired) electrons. The molecule has 1 N–H and O–H groups in total. The van der Waals surface area contributed by atoms with Gasteiger partial charge in [-0.15, -0.1) is 0 Å². The Bertz CT molecular complexity index is 1210. The van der Waals surface area contributed by atoms with E-state index in [1.54, 1.807) is 30.0 Å². The van der Waals surface area contributed by atoms with E-state index >= 15 is 0 Å². The number of hydrogen-bond acceptors (Lipinski definition) is 6. The Balaban J connectivity index is 1.51. The van der Waals surface area contributed by atoms with Crippen LogP contribution in [0.2, 0.25) is 0 Å². The molecule has 0 atom stereocenters. The van der Waals surface area contributed by atoms with Gasteiger partial charge in [-0.1, -0.05) is 43.0 Å². The third-order valence-electron chi connectivity index (χ3n) is 6.08. The molecule has 2 aromatic carbocycles. The third-order valence-corrected chi connectivity index (χ3v) is 6.08. The molecule has 1 aliphatic heterocycles. The van der Waals surface area contributed by atoms with Crippen molar-refractivity contribution in [1.82, 2.24) is 4.90 Å². The maximum Gasteiger partial charge on any atom is 0.410 e. The lowest BCUT2D eigenvalue weighted by atomic mass is 9.91. The Labute approximate surface area is 191 Å². The average molecular weight is 450 g/mol. The molecule has 3 aromatic rings. The topological polar surface area (TPSA) is 89.2 Å². The second kappa shape index (κ2) is 9.92. The number of amides is 1. The minimum absolute atomic E-state index is 0.000329. The molecular weight excluding hydrogens is 422 g/mol. The second-order valence-electron chi connectivity index (χ2n) is 8.05. The molecule has 0 spiro atoms. The van der Waals surface area contributed by atoms with Crippen LogP contribution in [0.3, 0.4) is 0 Å². The van der Waals surface area contributed by atoms with E-state index in [9.17, 15) is 9.59 Å². The number of piperidine rings is 1. The first-order chi connectivity index (χ1) is 16.0. The Kier molecular flexibility index (Phi) is 6.79. The van der Waals surface area contributed by atoms with Crippen molar-refractivity contribution in [3.63, 3.8) is 0 Å². The molecule has 4 rings (SSSR count). The van der Waals surface area contributed by atoms with Crippen molar-refractivity contribution in [2.24, 2.45) is 0 Å². The van der Waals surface area contributed by atoms with E-state index < -0.39 is 6.79 Å². The van der Waals surface area contributed by atoms with Crippen LogP contribution in [-0.4, -0.2) is 36.0 Å². The summed E-state index contributed by atoms with van der Waals surface area (Å²) >= 11 is 0. The van der Waals surface area contributed by atoms with Gasteiger partial charge in [0.05, 0.1) is 10.9 Å². The van der Waals surface area contributed by atoms with Gasteiger partial charge in [0.2, 0.25) is 0 Å². The highest BCUT2D eigenvalue weighted by atomic mass is 16.6. The lowest BCUT2D eigenvalue weighted by Gasteiger charge is -2.31. The standard InChI is InChI=1S/C26H27NO6/c1-3-20-22(32-16-28)10-9-21-23(29)17(2)24(33-25(20)21)19-11-13-27(14-12-19)26(30)31-15-18-7-5-4-6-8-18/h3-10,19,28H,1,11-16H2,2H3. The second-order valence-corrected chi connectivity index (χ2v) is 8.05. The van der Waals surface area contributed by atoms with Crippen molar-refractivity contribution in [3.8, 4) is 5.75 Å². The molecule has 1 fully saturated rings. The highest BCUT2D eigenvalue weighted by Crippen LogP contribution is 2.34. The molecule has 0 unspecified atom stereocenters. The number of likely N-dealkylation sites (tertiary alicyclic amines) is 1. The SMILES string of the molecule is C=Cc1c(OCO)ccc2c(=O)c(C)c(C3CCN(C(=O)OCc4ccccc4)CC3)oc12. The normalized spacial score (nSPS) is 14.3. The summed E-state index contributed by atoms with van der Waals surface area (Å²) in [6, 6.07) is 12.8. The van der Waals surface area contributed by atoms with Crippen LogP contribution in [0.15, 0.2) is 58.3 Å². The molecule has 33 heavy (non-hydrogen) atoms. The third kappa shape index (κ3) is 4.64. The summed E-state index contributed by atoms with van der Waals surface area (Å²) in [5.74, 6) is 1.02. The van der Waals surface area contributed by atoms with Crippen LogP contribution in [0, 0.1) is 6.92 Å². The van der Waals surface area contributed by atoms with E-state index in [-0.39, 0.29) is 24.0 Å². The Hall–Kier alpha value is -3.58. The molecule has 1 saturated heterocycles. The smallest absolute Gasteiger partial charge is 0.410 e. The van der Waals surface area contributed by atoms with Crippen molar-refractivity contribution in [1.29, 1.82) is 0 Å². The van der Waals surface area contributed by atoms with E-state index in [2.05, 4.69) is 6.58 Å². The minimum Gasteiger partial charge on any atom is -0.467 e. The first kappa shape index (κ1) is 22.6. The van der Waals surface area contributed by atoms with Gasteiger partial charge in [-0.2, -0.15) is 0 Å². The predicted octanol–water partition coefficient (Wildman–Crippen LogP) is 4.59. The number of fused-ring (bicyclic) bond motifs is 1. The molecule has 7 nitrogen and oxygen atoms in total. The van der Waals surface area contributed by atoms with E-state index in [0.29, 0.717) is 59.5 Å². The molecule has 7 heteroatoms. The fourth-order valence-corrected chi connectivity index (χ4v) is 4.28. The Morgan fingerprint density at radius 2 is 1.94 bits per heavy atom. The number of carbonyl (C=O) groups is 1. The summed E-state index contributed by atoms with van der Waals surface area (Å²) in [4.78, 5) is 27.2. The zero-order valence-electron chi connectivity index (χ0n) is 18.6. The zero-order valence-corrected chi connectivity index (χ0v) is 18.6. The minimum atomic E-state index is -0.492. The number of carbonyl (C=O) groups excluding carboxylic acids is 1. The fourth-order valence-electron chi connectivity index (χ4n) is 4.28. The first-order valence-electron chi connectivity index (χ1n) is 11.0. The molecule has 172 valence electrons. The molecule has 0 saturated carbocycles. The summed E-state index contributed by atoms with van der Waals surface area (Å²) in [5, 5.41) is 9.59. The van der Waals surface area contributed by atoms with Crippen LogP contribution >= 0.6 is 0 Å². The van der Waals surface area contributed by atoms with Gasteiger partial charge in [-0.25, -0.2) is 4.79 Å². The van der Waals surface area contributed by atoms with Gasteiger partial charge in [0.15, 0.2) is 12.2 Å². The number of aliphatic hydroxyl groups excluding tert-OH is 1. The van der Waals surface area contributed by atoms with Crippen LogP contribution in [0.1, 0.15) is 41.2 Å². The van der Waals surface area contributed by atoms with Crippen LogP contribution in [0.5, 0.6) is 5.75 Å². The summed E-state index contributed by atoms with van der Waals surface area (Å²) in [6.07, 6.45) is 2.53. The van der Waals surface area contributed by atoms with Crippen LogP contribution < -0.4 is 10.2 Å². The highest BCUT2D eigenvalue weighted by Gasteiger charge is 2.29. The number of aliphatic hydroxyl groups is 1. The number of benzene rings is 2. The highest BCUT2D eigenvalue weighted by molar-refractivity contribution is 5.88. The predicted molar refractivity (Wildman–Crippen MR) is 125 cm³/mol. The number of hydrogen-bond donors (Lipinski definition) is 1. The van der Waals surface area contributed by atoms with Crippen LogP contribution in [-0.2, 0) is 11.3 Å². The van der Waals surface area contributed by atoms with Gasteiger partial charge in [0.1, 0.15) is 23.7 Å². The maximum atomic E-state index is 13.1.